The summed E-state index contributed by atoms with van der Waals surface area (Å²) < 4.78 is 16.8. The van der Waals surface area contributed by atoms with Crippen LogP contribution in [0, 0.1) is 0 Å². The third-order valence-electron chi connectivity index (χ3n) is 13.4. The van der Waals surface area contributed by atoms with E-state index in [-0.39, 0.29) is 37.5 Å². The molecule has 0 spiro atoms. The SMILES string of the molecule is CC/C=C\C/C=C\C/C=C\C/C=C\CCC(=O)OC(COC(=O)CCCCCCCCCCCCCCC)COC(=O)CCCCCCCCCCCCCCCC/C=C\C/C=C\C/C=C\CCCCCCC. The van der Waals surface area contributed by atoms with Crippen molar-refractivity contribution in [3.05, 3.63) is 85.1 Å². The number of hydrogen-bond donors (Lipinski definition) is 0. The molecule has 0 N–H and O–H groups in total. The summed E-state index contributed by atoms with van der Waals surface area (Å²) >= 11 is 0. The van der Waals surface area contributed by atoms with Gasteiger partial charge in [-0.1, -0.05) is 286 Å². The van der Waals surface area contributed by atoms with Crippen molar-refractivity contribution in [3.8, 4) is 0 Å². The molecule has 0 rings (SSSR count). The number of carbonyl (C=O) groups excluding carboxylic acids is 3. The first kappa shape index (κ1) is 69.6. The summed E-state index contributed by atoms with van der Waals surface area (Å²) in [4.78, 5) is 38.1. The van der Waals surface area contributed by atoms with Crippen LogP contribution in [0.3, 0.4) is 0 Å². The van der Waals surface area contributed by atoms with Crippen molar-refractivity contribution in [3.63, 3.8) is 0 Å². The van der Waals surface area contributed by atoms with E-state index in [0.29, 0.717) is 19.3 Å². The molecular weight excluding hydrogens is 901 g/mol. The van der Waals surface area contributed by atoms with Crippen LogP contribution in [-0.2, 0) is 28.6 Å². The van der Waals surface area contributed by atoms with Gasteiger partial charge in [0.2, 0.25) is 0 Å². The Hall–Kier alpha value is -3.41. The van der Waals surface area contributed by atoms with Crippen molar-refractivity contribution < 1.29 is 28.6 Å². The van der Waals surface area contributed by atoms with Gasteiger partial charge < -0.3 is 14.2 Å². The smallest absolute Gasteiger partial charge is 0.306 e. The molecule has 6 nitrogen and oxygen atoms in total. The second-order valence-electron chi connectivity index (χ2n) is 20.6. The van der Waals surface area contributed by atoms with Crippen LogP contribution in [0.2, 0.25) is 0 Å². The van der Waals surface area contributed by atoms with Crippen LogP contribution in [0.4, 0.5) is 0 Å². The molecule has 0 aromatic rings. The molecule has 0 aromatic heterocycles. The van der Waals surface area contributed by atoms with Gasteiger partial charge in [-0.25, -0.2) is 0 Å². The minimum Gasteiger partial charge on any atom is -0.462 e. The first-order chi connectivity index (χ1) is 36.0. The molecule has 73 heavy (non-hydrogen) atoms. The predicted octanol–water partition coefficient (Wildman–Crippen LogP) is 21.1. The lowest BCUT2D eigenvalue weighted by atomic mass is 10.0. The van der Waals surface area contributed by atoms with Gasteiger partial charge in [-0.15, -0.1) is 0 Å². The highest BCUT2D eigenvalue weighted by molar-refractivity contribution is 5.71. The average molecular weight is 1020 g/mol. The van der Waals surface area contributed by atoms with Gasteiger partial charge in [0.05, 0.1) is 0 Å². The van der Waals surface area contributed by atoms with E-state index >= 15 is 0 Å². The molecule has 0 aromatic carbocycles. The fourth-order valence-electron chi connectivity index (χ4n) is 8.76. The van der Waals surface area contributed by atoms with Crippen molar-refractivity contribution in [2.24, 2.45) is 0 Å². The normalized spacial score (nSPS) is 12.6. The van der Waals surface area contributed by atoms with Crippen molar-refractivity contribution >= 4 is 17.9 Å². The van der Waals surface area contributed by atoms with Gasteiger partial charge in [0, 0.05) is 19.3 Å². The van der Waals surface area contributed by atoms with E-state index in [9.17, 15) is 14.4 Å². The van der Waals surface area contributed by atoms with Crippen LogP contribution < -0.4 is 0 Å². The van der Waals surface area contributed by atoms with E-state index in [1.54, 1.807) is 0 Å². The van der Waals surface area contributed by atoms with E-state index < -0.39 is 6.10 Å². The predicted molar refractivity (Wildman–Crippen MR) is 316 cm³/mol. The Morgan fingerprint density at radius 3 is 0.890 bits per heavy atom. The zero-order valence-electron chi connectivity index (χ0n) is 48.1. The van der Waals surface area contributed by atoms with Crippen molar-refractivity contribution in [2.45, 2.75) is 309 Å². The molecular formula is C67H116O6. The minimum absolute atomic E-state index is 0.102. The molecule has 0 bridgehead atoms. The average Bonchev–Trinajstić information content (AvgIpc) is 3.39. The lowest BCUT2D eigenvalue weighted by Gasteiger charge is -2.18. The summed E-state index contributed by atoms with van der Waals surface area (Å²) in [6.07, 6.45) is 80.4. The highest BCUT2D eigenvalue weighted by atomic mass is 16.6. The number of esters is 3. The Balaban J connectivity index is 4.22. The van der Waals surface area contributed by atoms with Gasteiger partial charge in [-0.2, -0.15) is 0 Å². The van der Waals surface area contributed by atoms with Crippen molar-refractivity contribution in [1.29, 1.82) is 0 Å². The highest BCUT2D eigenvalue weighted by Crippen LogP contribution is 2.16. The first-order valence-electron chi connectivity index (χ1n) is 31.1. The summed E-state index contributed by atoms with van der Waals surface area (Å²) in [6.45, 7) is 6.47. The van der Waals surface area contributed by atoms with Gasteiger partial charge in [0.15, 0.2) is 6.10 Å². The molecule has 0 fully saturated rings. The molecule has 0 aliphatic heterocycles. The number of rotatable bonds is 56. The third-order valence-corrected chi connectivity index (χ3v) is 13.4. The Morgan fingerprint density at radius 2 is 0.562 bits per heavy atom. The number of allylic oxidation sites excluding steroid dienone is 14. The van der Waals surface area contributed by atoms with Crippen LogP contribution in [0.15, 0.2) is 85.1 Å². The van der Waals surface area contributed by atoms with Gasteiger partial charge in [-0.05, 0) is 83.5 Å². The quantitative estimate of drug-likeness (QED) is 0.0261. The molecule has 420 valence electrons. The molecule has 0 radical (unpaired) electrons. The second-order valence-corrected chi connectivity index (χ2v) is 20.6. The van der Waals surface area contributed by atoms with E-state index in [2.05, 4.69) is 99.8 Å². The maximum absolute atomic E-state index is 12.8. The lowest BCUT2D eigenvalue weighted by molar-refractivity contribution is -0.166. The van der Waals surface area contributed by atoms with E-state index in [4.69, 9.17) is 14.2 Å². The molecule has 0 heterocycles. The van der Waals surface area contributed by atoms with Crippen LogP contribution in [0.5, 0.6) is 0 Å². The summed E-state index contributed by atoms with van der Waals surface area (Å²) in [5, 5.41) is 0. The molecule has 1 unspecified atom stereocenters. The topological polar surface area (TPSA) is 78.9 Å². The first-order valence-corrected chi connectivity index (χ1v) is 31.1. The molecule has 0 aliphatic rings. The van der Waals surface area contributed by atoms with Gasteiger partial charge in [0.25, 0.3) is 0 Å². The standard InChI is InChI=1S/C67H116O6/c1-4-7-10-13-16-19-22-25-26-27-28-29-30-31-32-33-34-35-36-37-38-39-40-43-45-48-51-54-57-60-66(69)72-63-64(73-67(70)61-58-55-52-49-46-42-24-21-18-15-12-9-6-3)62-71-65(68)59-56-53-50-47-44-41-23-20-17-14-11-8-5-2/h9,12,18,21-22,25,27-28,30-31,42,46,52,55,64H,4-8,10-11,13-17,19-20,23-24,26,29,32-41,43-45,47-51,53-54,56-63H2,1-3H3/b12-9-,21-18-,25-22-,28-27-,31-30-,46-42-,55-52-. The summed E-state index contributed by atoms with van der Waals surface area (Å²) in [7, 11) is 0. The van der Waals surface area contributed by atoms with E-state index in [1.165, 1.54) is 180 Å². The molecule has 0 saturated heterocycles. The van der Waals surface area contributed by atoms with Gasteiger partial charge in [0.1, 0.15) is 13.2 Å². The van der Waals surface area contributed by atoms with Crippen LogP contribution in [-0.4, -0.2) is 37.2 Å². The zero-order chi connectivity index (χ0) is 52.9. The van der Waals surface area contributed by atoms with Gasteiger partial charge in [-0.3, -0.25) is 14.4 Å². The van der Waals surface area contributed by atoms with Crippen LogP contribution in [0.25, 0.3) is 0 Å². The van der Waals surface area contributed by atoms with Gasteiger partial charge >= 0.3 is 17.9 Å². The minimum atomic E-state index is -0.813. The zero-order valence-corrected chi connectivity index (χ0v) is 48.1. The molecule has 6 heteroatoms. The van der Waals surface area contributed by atoms with E-state index in [1.807, 2.05) is 6.08 Å². The van der Waals surface area contributed by atoms with Crippen molar-refractivity contribution in [1.82, 2.24) is 0 Å². The summed E-state index contributed by atoms with van der Waals surface area (Å²) in [5.41, 5.74) is 0. The van der Waals surface area contributed by atoms with Crippen molar-refractivity contribution in [2.75, 3.05) is 13.2 Å². The Morgan fingerprint density at radius 1 is 0.288 bits per heavy atom. The third kappa shape index (κ3) is 59.3. The monoisotopic (exact) mass is 1020 g/mol. The summed E-state index contributed by atoms with van der Waals surface area (Å²) in [6, 6.07) is 0. The number of hydrogen-bond acceptors (Lipinski definition) is 6. The Bertz CT molecular complexity index is 1400. The fraction of sp³-hybridized carbons (Fsp3) is 0.746. The lowest BCUT2D eigenvalue weighted by Crippen LogP contribution is -2.30. The second kappa shape index (κ2) is 61.1. The number of carbonyl (C=O) groups is 3. The highest BCUT2D eigenvalue weighted by Gasteiger charge is 2.19. The number of unbranched alkanes of at least 4 members (excludes halogenated alkanes) is 31. The summed E-state index contributed by atoms with van der Waals surface area (Å²) in [5.74, 6) is -0.976. The number of ether oxygens (including phenoxy) is 3. The maximum atomic E-state index is 12.8. The molecule has 0 aliphatic carbocycles. The van der Waals surface area contributed by atoms with E-state index in [0.717, 1.165) is 77.0 Å². The molecule has 1 atom stereocenters. The van der Waals surface area contributed by atoms with Crippen LogP contribution in [0.1, 0.15) is 303 Å². The Labute approximate surface area is 452 Å². The fourth-order valence-corrected chi connectivity index (χ4v) is 8.76. The largest absolute Gasteiger partial charge is 0.462 e. The Kier molecular flexibility index (Phi) is 58.3. The molecule has 0 saturated carbocycles. The molecule has 0 amide bonds. The van der Waals surface area contributed by atoms with Crippen LogP contribution >= 0.6 is 0 Å². The maximum Gasteiger partial charge on any atom is 0.306 e.